The summed E-state index contributed by atoms with van der Waals surface area (Å²) in [5.74, 6) is 3.84. The molecule has 2 heterocycles. The maximum absolute atomic E-state index is 4.91. The second-order valence-electron chi connectivity index (χ2n) is 12.4. The molecule has 8 aromatic rings. The number of aryl methyl sites for hydroxylation is 2. The summed E-state index contributed by atoms with van der Waals surface area (Å²) in [4.78, 5) is 29.3. The van der Waals surface area contributed by atoms with Crippen molar-refractivity contribution >= 4 is 22.6 Å². The Bertz CT molecular complexity index is 2380. The first-order valence-corrected chi connectivity index (χ1v) is 17.7. The van der Waals surface area contributed by atoms with E-state index in [4.69, 9.17) is 29.9 Å². The van der Waals surface area contributed by atoms with Crippen LogP contribution >= 0.6 is 22.6 Å². The van der Waals surface area contributed by atoms with E-state index in [1.165, 1.54) is 11.1 Å². The Balaban J connectivity index is 1.11. The highest BCUT2D eigenvalue weighted by atomic mass is 127. The van der Waals surface area contributed by atoms with Gasteiger partial charge in [0.15, 0.2) is 34.9 Å². The first kappa shape index (κ1) is 32.3. The maximum atomic E-state index is 4.91. The molecule has 6 aromatic carbocycles. The molecule has 51 heavy (non-hydrogen) atoms. The summed E-state index contributed by atoms with van der Waals surface area (Å²) in [6.07, 6.45) is 0. The van der Waals surface area contributed by atoms with Gasteiger partial charge >= 0.3 is 0 Å². The predicted octanol–water partition coefficient (Wildman–Crippen LogP) is 10.9. The molecule has 7 heteroatoms. The van der Waals surface area contributed by atoms with Crippen LogP contribution in [0.4, 0.5) is 0 Å². The smallest absolute Gasteiger partial charge is 0.164 e. The van der Waals surface area contributed by atoms with E-state index >= 15 is 0 Å². The third kappa shape index (κ3) is 7.20. The molecule has 0 aliphatic carbocycles. The highest BCUT2D eigenvalue weighted by Crippen LogP contribution is 2.30. The van der Waals surface area contributed by atoms with Crippen LogP contribution in [0.1, 0.15) is 11.1 Å². The molecule has 6 nitrogen and oxygen atoms in total. The predicted molar refractivity (Wildman–Crippen MR) is 213 cm³/mol. The summed E-state index contributed by atoms with van der Waals surface area (Å²) in [7, 11) is 0. The largest absolute Gasteiger partial charge is 0.208 e. The molecule has 0 unspecified atom stereocenters. The fourth-order valence-electron chi connectivity index (χ4n) is 5.74. The van der Waals surface area contributed by atoms with Gasteiger partial charge in [0.1, 0.15) is 0 Å². The van der Waals surface area contributed by atoms with Gasteiger partial charge in [-0.15, -0.1) is 0 Å². The van der Waals surface area contributed by atoms with E-state index in [1.54, 1.807) is 0 Å². The van der Waals surface area contributed by atoms with Crippen molar-refractivity contribution in [2.75, 3.05) is 0 Å². The number of benzene rings is 6. The monoisotopic (exact) mass is 770 g/mol. The minimum Gasteiger partial charge on any atom is -0.208 e. The summed E-state index contributed by atoms with van der Waals surface area (Å²) in [6, 6.07) is 51.5. The van der Waals surface area contributed by atoms with Crippen LogP contribution in [-0.4, -0.2) is 29.9 Å². The van der Waals surface area contributed by atoms with Crippen molar-refractivity contribution in [2.45, 2.75) is 13.8 Å². The van der Waals surface area contributed by atoms with E-state index in [9.17, 15) is 0 Å². The highest BCUT2D eigenvalue weighted by Gasteiger charge is 2.15. The van der Waals surface area contributed by atoms with Crippen LogP contribution in [0.15, 0.2) is 152 Å². The van der Waals surface area contributed by atoms with Crippen LogP contribution in [0.2, 0.25) is 0 Å². The molecule has 244 valence electrons. The van der Waals surface area contributed by atoms with E-state index in [1.807, 2.05) is 30.3 Å². The van der Waals surface area contributed by atoms with Gasteiger partial charge in [0, 0.05) is 37.0 Å². The minimum atomic E-state index is 0.629. The molecule has 0 amide bonds. The number of nitrogens with zero attached hydrogens (tertiary/aromatic N) is 6. The molecule has 2 aromatic heterocycles. The molecule has 0 aliphatic heterocycles. The van der Waals surface area contributed by atoms with Crippen LogP contribution in [0.3, 0.4) is 0 Å². The van der Waals surface area contributed by atoms with Crippen LogP contribution in [-0.2, 0) is 0 Å². The summed E-state index contributed by atoms with van der Waals surface area (Å²) in [5.41, 5.74) is 10.2. The zero-order valence-electron chi connectivity index (χ0n) is 28.0. The van der Waals surface area contributed by atoms with Gasteiger partial charge in [-0.05, 0) is 59.7 Å². The number of rotatable bonds is 7. The van der Waals surface area contributed by atoms with Crippen molar-refractivity contribution in [3.63, 3.8) is 0 Å². The Morgan fingerprint density at radius 3 is 0.824 bits per heavy atom. The van der Waals surface area contributed by atoms with Crippen molar-refractivity contribution in [3.8, 4) is 79.5 Å². The number of halogens is 1. The van der Waals surface area contributed by atoms with Crippen LogP contribution < -0.4 is 0 Å². The average molecular weight is 771 g/mol. The van der Waals surface area contributed by atoms with Gasteiger partial charge in [0.05, 0.1) is 0 Å². The summed E-state index contributed by atoms with van der Waals surface area (Å²) in [6.45, 7) is 4.15. The second kappa shape index (κ2) is 14.1. The van der Waals surface area contributed by atoms with Crippen LogP contribution in [0, 0.1) is 17.4 Å². The second-order valence-corrected chi connectivity index (χ2v) is 13.6. The summed E-state index contributed by atoms with van der Waals surface area (Å²) >= 11 is 2.31. The van der Waals surface area contributed by atoms with Gasteiger partial charge in [-0.2, -0.15) is 0 Å². The first-order chi connectivity index (χ1) is 24.9. The van der Waals surface area contributed by atoms with E-state index in [0.29, 0.717) is 34.9 Å². The lowest BCUT2D eigenvalue weighted by Gasteiger charge is -2.10. The van der Waals surface area contributed by atoms with Crippen molar-refractivity contribution in [1.29, 1.82) is 0 Å². The fraction of sp³-hybridized carbons (Fsp3) is 0.0455. The van der Waals surface area contributed by atoms with Gasteiger partial charge in [-0.3, -0.25) is 0 Å². The normalized spacial score (nSPS) is 11.0. The Morgan fingerprint density at radius 2 is 0.510 bits per heavy atom. The zero-order chi connectivity index (χ0) is 34.7. The van der Waals surface area contributed by atoms with Gasteiger partial charge < -0.3 is 0 Å². The highest BCUT2D eigenvalue weighted by molar-refractivity contribution is 14.1. The molecule has 0 saturated carbocycles. The van der Waals surface area contributed by atoms with Crippen LogP contribution in [0.25, 0.3) is 79.5 Å². The molecular formula is C44H31IN6. The van der Waals surface area contributed by atoms with Crippen molar-refractivity contribution in [2.24, 2.45) is 0 Å². The van der Waals surface area contributed by atoms with E-state index in [0.717, 1.165) is 48.1 Å². The first-order valence-electron chi connectivity index (χ1n) is 16.6. The van der Waals surface area contributed by atoms with Gasteiger partial charge in [-0.1, -0.05) is 151 Å². The Hall–Kier alpha value is -5.93. The minimum absolute atomic E-state index is 0.629. The molecule has 0 atom stereocenters. The Labute approximate surface area is 310 Å². The maximum Gasteiger partial charge on any atom is 0.164 e. The molecular weight excluding hydrogens is 739 g/mol. The molecule has 0 spiro atoms. The topological polar surface area (TPSA) is 77.3 Å². The third-order valence-electron chi connectivity index (χ3n) is 8.64. The van der Waals surface area contributed by atoms with E-state index in [-0.39, 0.29) is 0 Å². The third-order valence-corrected chi connectivity index (χ3v) is 9.36. The molecule has 0 saturated heterocycles. The standard InChI is InChI=1S/C44H31IN6/c1-28-8-12-33(13-9-28)40-46-39(32-6-4-3-5-7-32)47-42(48-40)35-20-16-30(17-21-35)31-18-22-36(23-19-31)43-49-41(34-14-10-29(2)11-15-34)50-44(51-43)37-24-26-38(45)27-25-37/h3-27H,1-2H3. The Kier molecular flexibility index (Phi) is 8.94. The summed E-state index contributed by atoms with van der Waals surface area (Å²) < 4.78 is 1.16. The van der Waals surface area contributed by atoms with Gasteiger partial charge in [0.25, 0.3) is 0 Å². The van der Waals surface area contributed by atoms with Crippen molar-refractivity contribution in [1.82, 2.24) is 29.9 Å². The fourth-order valence-corrected chi connectivity index (χ4v) is 6.10. The average Bonchev–Trinajstić information content (AvgIpc) is 3.19. The Morgan fingerprint density at radius 1 is 0.275 bits per heavy atom. The lowest BCUT2D eigenvalue weighted by molar-refractivity contribution is 1.07. The molecule has 0 fully saturated rings. The number of aromatic nitrogens is 6. The molecule has 8 rings (SSSR count). The van der Waals surface area contributed by atoms with Gasteiger partial charge in [0.2, 0.25) is 0 Å². The van der Waals surface area contributed by atoms with Gasteiger partial charge in [-0.25, -0.2) is 29.9 Å². The molecule has 0 bridgehead atoms. The lowest BCUT2D eigenvalue weighted by atomic mass is 10.0. The quantitative estimate of drug-likeness (QED) is 0.150. The molecule has 0 radical (unpaired) electrons. The number of hydrogen-bond donors (Lipinski definition) is 0. The molecule has 0 N–H and O–H groups in total. The zero-order valence-corrected chi connectivity index (χ0v) is 30.2. The van der Waals surface area contributed by atoms with E-state index < -0.39 is 0 Å². The molecule has 0 aliphatic rings. The van der Waals surface area contributed by atoms with E-state index in [2.05, 4.69) is 158 Å². The SMILES string of the molecule is Cc1ccc(-c2nc(-c3ccccc3)nc(-c3ccc(-c4ccc(-c5nc(-c6ccc(C)cc6)nc(-c6ccc(I)cc6)n5)cc4)cc3)n2)cc1. The van der Waals surface area contributed by atoms with Crippen molar-refractivity contribution in [3.05, 3.63) is 166 Å². The van der Waals surface area contributed by atoms with Crippen molar-refractivity contribution < 1.29 is 0 Å². The summed E-state index contributed by atoms with van der Waals surface area (Å²) in [5, 5.41) is 0. The lowest BCUT2D eigenvalue weighted by Crippen LogP contribution is -2.00. The number of hydrogen-bond acceptors (Lipinski definition) is 6. The van der Waals surface area contributed by atoms with Crippen LogP contribution in [0.5, 0.6) is 0 Å².